The maximum atomic E-state index is 12.8. The van der Waals surface area contributed by atoms with Crippen molar-refractivity contribution in [3.63, 3.8) is 0 Å². The van der Waals surface area contributed by atoms with E-state index in [9.17, 15) is 24.8 Å². The Morgan fingerprint density at radius 3 is 2.33 bits per heavy atom. The van der Waals surface area contributed by atoms with Crippen molar-refractivity contribution in [3.8, 4) is 5.75 Å². The van der Waals surface area contributed by atoms with E-state index >= 15 is 0 Å². The van der Waals surface area contributed by atoms with Crippen molar-refractivity contribution in [3.05, 3.63) is 44.4 Å². The first-order valence-electron chi connectivity index (χ1n) is 8.65. The largest absolute Gasteiger partial charge is 0.502 e. The Morgan fingerprint density at radius 1 is 1.19 bits per heavy atom. The summed E-state index contributed by atoms with van der Waals surface area (Å²) in [5, 5.41) is 26.0. The van der Waals surface area contributed by atoms with Crippen molar-refractivity contribution in [2.75, 3.05) is 0 Å². The topological polar surface area (TPSA) is 113 Å². The fourth-order valence-electron chi connectivity index (χ4n) is 5.02. The van der Waals surface area contributed by atoms with Gasteiger partial charge in [-0.05, 0) is 36.2 Å². The zero-order valence-corrected chi connectivity index (χ0v) is 15.4. The van der Waals surface area contributed by atoms with E-state index in [0.717, 1.165) is 17.6 Å². The van der Waals surface area contributed by atoms with Gasteiger partial charge < -0.3 is 5.11 Å². The van der Waals surface area contributed by atoms with Crippen LogP contribution in [0.2, 0.25) is 0 Å². The van der Waals surface area contributed by atoms with Crippen LogP contribution in [0.5, 0.6) is 5.75 Å². The van der Waals surface area contributed by atoms with E-state index in [1.807, 2.05) is 0 Å². The normalized spacial score (nSPS) is 35.7. The molecule has 5 aliphatic rings. The summed E-state index contributed by atoms with van der Waals surface area (Å²) in [7, 11) is 0. The molecule has 1 N–H and O–H groups in total. The quantitative estimate of drug-likeness (QED) is 0.259. The van der Waals surface area contributed by atoms with Gasteiger partial charge in [-0.3, -0.25) is 19.7 Å². The van der Waals surface area contributed by atoms with Gasteiger partial charge in [0.15, 0.2) is 0 Å². The standard InChI is InChI=1S/C18H14BrN3O5/c19-8-3-7(16(23)13(4-8)22(26)27)6-20-21-17(24)14-9-1-2-10(12-5-11(9)12)15(14)18(21)25/h1-4,6,9-12,14-15,23H,5H2/t9-,10-,11-,12-,14-,15+/m0/s1. The molecule has 0 unspecified atom stereocenters. The van der Waals surface area contributed by atoms with Crippen LogP contribution in [0.4, 0.5) is 5.69 Å². The number of carbonyl (C=O) groups excluding carboxylic acids is 2. The van der Waals surface area contributed by atoms with Crippen LogP contribution in [0.1, 0.15) is 12.0 Å². The van der Waals surface area contributed by atoms with Crippen LogP contribution in [-0.4, -0.2) is 33.1 Å². The van der Waals surface area contributed by atoms with Crippen molar-refractivity contribution in [2.24, 2.45) is 40.6 Å². The Kier molecular flexibility index (Phi) is 3.37. The van der Waals surface area contributed by atoms with Gasteiger partial charge in [-0.2, -0.15) is 10.1 Å². The van der Waals surface area contributed by atoms with Gasteiger partial charge in [-0.25, -0.2) is 0 Å². The third-order valence-corrected chi connectivity index (χ3v) is 6.69. The molecule has 0 spiro atoms. The van der Waals surface area contributed by atoms with E-state index in [0.29, 0.717) is 16.3 Å². The number of nitro benzene ring substituents is 1. The lowest BCUT2D eigenvalue weighted by Gasteiger charge is -2.37. The summed E-state index contributed by atoms with van der Waals surface area (Å²) < 4.78 is 0.378. The smallest absolute Gasteiger partial charge is 0.312 e. The van der Waals surface area contributed by atoms with E-state index < -0.39 is 16.4 Å². The number of imide groups is 1. The van der Waals surface area contributed by atoms with Gasteiger partial charge in [-0.15, -0.1) is 0 Å². The van der Waals surface area contributed by atoms with E-state index in [2.05, 4.69) is 33.2 Å². The second kappa shape index (κ2) is 5.48. The number of phenols is 1. The van der Waals surface area contributed by atoms with Crippen molar-refractivity contribution in [2.45, 2.75) is 6.42 Å². The SMILES string of the molecule is O=C1[C@@H]2[C@H]3C=C[C@@H]([C@@H]4C[C@@H]34)[C@@H]2C(=O)N1N=Cc1cc(Br)cc([N+](=O)[O-])c1O. The number of hydrazone groups is 1. The van der Waals surface area contributed by atoms with Gasteiger partial charge in [0.25, 0.3) is 11.8 Å². The molecular weight excluding hydrogens is 418 g/mol. The Morgan fingerprint density at radius 2 is 1.78 bits per heavy atom. The van der Waals surface area contributed by atoms with E-state index in [1.165, 1.54) is 12.1 Å². The Bertz CT molecular complexity index is 938. The second-order valence-electron chi connectivity index (χ2n) is 7.51. The monoisotopic (exact) mass is 431 g/mol. The first kappa shape index (κ1) is 16.6. The van der Waals surface area contributed by atoms with Crippen molar-refractivity contribution in [1.29, 1.82) is 0 Å². The maximum absolute atomic E-state index is 12.8. The average Bonchev–Trinajstić information content (AvgIpc) is 3.41. The van der Waals surface area contributed by atoms with Gasteiger partial charge in [0.05, 0.1) is 23.0 Å². The van der Waals surface area contributed by atoms with Crippen molar-refractivity contribution in [1.82, 2.24) is 5.01 Å². The molecule has 8 nitrogen and oxygen atoms in total. The number of halogens is 1. The van der Waals surface area contributed by atoms with Gasteiger partial charge in [0, 0.05) is 16.1 Å². The molecule has 6 rings (SSSR count). The van der Waals surface area contributed by atoms with E-state index in [1.54, 1.807) is 0 Å². The number of nitrogens with zero attached hydrogens (tertiary/aromatic N) is 3. The van der Waals surface area contributed by atoms with Gasteiger partial charge in [-0.1, -0.05) is 28.1 Å². The summed E-state index contributed by atoms with van der Waals surface area (Å²) in [5.41, 5.74) is -0.434. The van der Waals surface area contributed by atoms with E-state index in [-0.39, 0.29) is 41.0 Å². The zero-order valence-electron chi connectivity index (χ0n) is 13.9. The first-order chi connectivity index (χ1) is 12.9. The van der Waals surface area contributed by atoms with Gasteiger partial charge in [0.1, 0.15) is 0 Å². The highest BCUT2D eigenvalue weighted by Gasteiger charge is 2.67. The molecular formula is C18H14BrN3O5. The number of aromatic hydroxyl groups is 1. The zero-order chi connectivity index (χ0) is 19.0. The molecule has 2 bridgehead atoms. The summed E-state index contributed by atoms with van der Waals surface area (Å²) >= 11 is 3.14. The molecule has 4 aliphatic carbocycles. The molecule has 2 amide bonds. The molecule has 0 radical (unpaired) electrons. The summed E-state index contributed by atoms with van der Waals surface area (Å²) in [4.78, 5) is 36.0. The minimum atomic E-state index is -0.714. The minimum absolute atomic E-state index is 0.0514. The minimum Gasteiger partial charge on any atom is -0.502 e. The fraction of sp³-hybridized carbons (Fsp3) is 0.389. The molecule has 27 heavy (non-hydrogen) atoms. The predicted octanol–water partition coefficient (Wildman–Crippen LogP) is 2.45. The third-order valence-electron chi connectivity index (χ3n) is 6.23. The van der Waals surface area contributed by atoms with Crippen LogP contribution >= 0.6 is 15.9 Å². The summed E-state index contributed by atoms with van der Waals surface area (Å²) in [6.07, 6.45) is 6.34. The van der Waals surface area contributed by atoms with Crippen LogP contribution in [0, 0.1) is 45.6 Å². The lowest BCUT2D eigenvalue weighted by Crippen LogP contribution is -2.40. The molecule has 1 heterocycles. The first-order valence-corrected chi connectivity index (χ1v) is 9.45. The second-order valence-corrected chi connectivity index (χ2v) is 8.42. The molecule has 2 saturated carbocycles. The Labute approximate surface area is 161 Å². The molecule has 9 heteroatoms. The van der Waals surface area contributed by atoms with Crippen LogP contribution in [0.15, 0.2) is 33.9 Å². The Balaban J connectivity index is 1.47. The number of carbonyl (C=O) groups is 2. The fourth-order valence-corrected chi connectivity index (χ4v) is 5.48. The molecule has 3 fully saturated rings. The lowest BCUT2D eigenvalue weighted by molar-refractivity contribution is -0.385. The van der Waals surface area contributed by atoms with Crippen molar-refractivity contribution < 1.29 is 19.6 Å². The highest BCUT2D eigenvalue weighted by Crippen LogP contribution is 2.65. The molecule has 1 aromatic carbocycles. The number of allylic oxidation sites excluding steroid dienone is 2. The number of rotatable bonds is 3. The lowest BCUT2D eigenvalue weighted by atomic mass is 9.63. The highest BCUT2D eigenvalue weighted by atomic mass is 79.9. The average molecular weight is 432 g/mol. The molecule has 6 atom stereocenters. The summed E-state index contributed by atoms with van der Waals surface area (Å²) in [6, 6.07) is 2.60. The number of amides is 2. The van der Waals surface area contributed by atoms with Crippen LogP contribution in [-0.2, 0) is 9.59 Å². The molecule has 1 aromatic rings. The molecule has 138 valence electrons. The number of phenolic OH excluding ortho intramolecular Hbond substituents is 1. The number of hydrogen-bond acceptors (Lipinski definition) is 6. The summed E-state index contributed by atoms with van der Waals surface area (Å²) in [5.74, 6) is -0.740. The van der Waals surface area contributed by atoms with Crippen molar-refractivity contribution >= 4 is 39.6 Å². The predicted molar refractivity (Wildman–Crippen MR) is 96.6 cm³/mol. The third kappa shape index (κ3) is 2.24. The van der Waals surface area contributed by atoms with Crippen LogP contribution < -0.4 is 0 Å². The number of nitro groups is 1. The van der Waals surface area contributed by atoms with Gasteiger partial charge >= 0.3 is 5.69 Å². The number of hydrogen-bond donors (Lipinski definition) is 1. The number of benzene rings is 1. The molecule has 1 saturated heterocycles. The molecule has 0 aromatic heterocycles. The van der Waals surface area contributed by atoms with E-state index in [4.69, 9.17) is 0 Å². The van der Waals surface area contributed by atoms with Crippen LogP contribution in [0.3, 0.4) is 0 Å². The summed E-state index contributed by atoms with van der Waals surface area (Å²) in [6.45, 7) is 0. The molecule has 1 aliphatic heterocycles. The highest BCUT2D eigenvalue weighted by molar-refractivity contribution is 9.10. The van der Waals surface area contributed by atoms with Gasteiger partial charge in [0.2, 0.25) is 5.75 Å². The Hall–Kier alpha value is -2.55. The van der Waals surface area contributed by atoms with Crippen LogP contribution in [0.25, 0.3) is 0 Å². The maximum Gasteiger partial charge on any atom is 0.312 e.